The van der Waals surface area contributed by atoms with Gasteiger partial charge in [0.2, 0.25) is 0 Å². The van der Waals surface area contributed by atoms with E-state index in [-0.39, 0.29) is 17.3 Å². The van der Waals surface area contributed by atoms with Gasteiger partial charge in [-0.05, 0) is 12.1 Å². The van der Waals surface area contributed by atoms with Crippen LogP contribution in [-0.2, 0) is 4.74 Å². The highest BCUT2D eigenvalue weighted by atomic mass is 35.5. The second-order valence-corrected chi connectivity index (χ2v) is 2.79. The molecule has 1 rings (SSSR count). The van der Waals surface area contributed by atoms with E-state index in [4.69, 9.17) is 22.8 Å². The molecule has 0 unspecified atom stereocenters. The molecule has 0 bridgehead atoms. The second-order valence-electron chi connectivity index (χ2n) is 2.43. The number of carbonyl (C=O) groups is 1. The molecule has 0 amide bonds. The van der Waals surface area contributed by atoms with E-state index in [1.807, 2.05) is 0 Å². The summed E-state index contributed by atoms with van der Waals surface area (Å²) in [7, 11) is 0. The molecule has 1 aromatic rings. The summed E-state index contributed by atoms with van der Waals surface area (Å²) in [5.74, 6) is 1.86. The maximum atomic E-state index is 11.3. The largest absolute Gasteiger partial charge is 0.461 e. The lowest BCUT2D eigenvalue weighted by Crippen LogP contribution is -2.07. The Morgan fingerprint density at radius 1 is 1.71 bits per heavy atom. The molecule has 0 saturated heterocycles. The van der Waals surface area contributed by atoms with Crippen LogP contribution in [0, 0.1) is 12.3 Å². The fraction of sp³-hybridized carbons (Fsp3) is 0.200. The van der Waals surface area contributed by atoms with Gasteiger partial charge in [0.25, 0.3) is 0 Å². The Balaban J connectivity index is 2.62. The van der Waals surface area contributed by atoms with Gasteiger partial charge < -0.3 is 4.74 Å². The highest BCUT2D eigenvalue weighted by Gasteiger charge is 2.11. The van der Waals surface area contributed by atoms with Crippen molar-refractivity contribution in [2.75, 3.05) is 6.61 Å². The SMILES string of the molecule is C#CCCOC(=O)c1cccnc1Cl. The monoisotopic (exact) mass is 209 g/mol. The Labute approximate surface area is 87.1 Å². The predicted octanol–water partition coefficient (Wildman–Crippen LogP) is 1.92. The molecule has 0 fully saturated rings. The number of pyridine rings is 1. The average Bonchev–Trinajstić information content (AvgIpc) is 2.18. The van der Waals surface area contributed by atoms with E-state index in [1.54, 1.807) is 12.1 Å². The van der Waals surface area contributed by atoms with Crippen molar-refractivity contribution in [3.8, 4) is 12.3 Å². The number of hydrogen-bond donors (Lipinski definition) is 0. The fourth-order valence-corrected chi connectivity index (χ4v) is 1.02. The molecule has 3 nitrogen and oxygen atoms in total. The molecule has 1 heterocycles. The Hall–Kier alpha value is -1.53. The van der Waals surface area contributed by atoms with Gasteiger partial charge in [-0.25, -0.2) is 9.78 Å². The smallest absolute Gasteiger partial charge is 0.341 e. The molecule has 0 N–H and O–H groups in total. The third-order valence-corrected chi connectivity index (χ3v) is 1.76. The zero-order valence-corrected chi connectivity index (χ0v) is 8.12. The lowest BCUT2D eigenvalue weighted by atomic mass is 10.3. The topological polar surface area (TPSA) is 39.2 Å². The maximum Gasteiger partial charge on any atom is 0.341 e. The van der Waals surface area contributed by atoms with Crippen LogP contribution < -0.4 is 0 Å². The van der Waals surface area contributed by atoms with Crippen molar-refractivity contribution >= 4 is 17.6 Å². The van der Waals surface area contributed by atoms with Crippen LogP contribution in [0.1, 0.15) is 16.8 Å². The minimum Gasteiger partial charge on any atom is -0.461 e. The minimum atomic E-state index is -0.502. The number of ether oxygens (including phenoxy) is 1. The first-order chi connectivity index (χ1) is 6.75. The van der Waals surface area contributed by atoms with E-state index in [0.717, 1.165) is 0 Å². The molecule has 0 aliphatic carbocycles. The van der Waals surface area contributed by atoms with Crippen LogP contribution in [0.25, 0.3) is 0 Å². The molecule has 0 radical (unpaired) electrons. The minimum absolute atomic E-state index is 0.137. The second kappa shape index (κ2) is 5.25. The summed E-state index contributed by atoms with van der Waals surface area (Å²) >= 11 is 5.68. The van der Waals surface area contributed by atoms with Crippen LogP contribution in [0.5, 0.6) is 0 Å². The molecule has 0 aliphatic heterocycles. The average molecular weight is 210 g/mol. The van der Waals surface area contributed by atoms with Gasteiger partial charge in [0.1, 0.15) is 11.8 Å². The van der Waals surface area contributed by atoms with Gasteiger partial charge in [0.15, 0.2) is 0 Å². The van der Waals surface area contributed by atoms with E-state index in [2.05, 4.69) is 10.9 Å². The Morgan fingerprint density at radius 3 is 3.14 bits per heavy atom. The van der Waals surface area contributed by atoms with Crippen molar-refractivity contribution in [2.24, 2.45) is 0 Å². The number of halogens is 1. The standard InChI is InChI=1S/C10H8ClNO2/c1-2-3-7-14-10(13)8-5-4-6-12-9(8)11/h1,4-6H,3,7H2. The van der Waals surface area contributed by atoms with Gasteiger partial charge in [-0.3, -0.25) is 0 Å². The predicted molar refractivity (Wildman–Crippen MR) is 53.0 cm³/mol. The highest BCUT2D eigenvalue weighted by Crippen LogP contribution is 2.12. The summed E-state index contributed by atoms with van der Waals surface area (Å²) < 4.78 is 4.84. The first-order valence-electron chi connectivity index (χ1n) is 3.97. The summed E-state index contributed by atoms with van der Waals surface area (Å²) in [5, 5.41) is 0.137. The Bertz CT molecular complexity index is 371. The number of esters is 1. The zero-order chi connectivity index (χ0) is 10.4. The van der Waals surface area contributed by atoms with Gasteiger partial charge >= 0.3 is 5.97 Å². The molecule has 14 heavy (non-hydrogen) atoms. The van der Waals surface area contributed by atoms with E-state index >= 15 is 0 Å². The van der Waals surface area contributed by atoms with Crippen LogP contribution >= 0.6 is 11.6 Å². The molecule has 0 saturated carbocycles. The fourth-order valence-electron chi connectivity index (χ4n) is 0.819. The van der Waals surface area contributed by atoms with Gasteiger partial charge in [-0.1, -0.05) is 11.6 Å². The molecular weight excluding hydrogens is 202 g/mol. The van der Waals surface area contributed by atoms with E-state index in [0.29, 0.717) is 6.42 Å². The quantitative estimate of drug-likeness (QED) is 0.330. The maximum absolute atomic E-state index is 11.3. The molecular formula is C10H8ClNO2. The van der Waals surface area contributed by atoms with Crippen LogP contribution in [-0.4, -0.2) is 17.6 Å². The van der Waals surface area contributed by atoms with Gasteiger partial charge in [0, 0.05) is 12.6 Å². The molecule has 0 spiro atoms. The number of hydrogen-bond acceptors (Lipinski definition) is 3. The zero-order valence-electron chi connectivity index (χ0n) is 7.37. The van der Waals surface area contributed by atoms with Crippen molar-refractivity contribution in [2.45, 2.75) is 6.42 Å². The third-order valence-electron chi connectivity index (χ3n) is 1.46. The first-order valence-corrected chi connectivity index (χ1v) is 4.34. The molecule has 0 aliphatic rings. The summed E-state index contributed by atoms with van der Waals surface area (Å²) in [5.41, 5.74) is 0.256. The van der Waals surface area contributed by atoms with Crippen molar-refractivity contribution < 1.29 is 9.53 Å². The van der Waals surface area contributed by atoms with Crippen LogP contribution in [0.15, 0.2) is 18.3 Å². The van der Waals surface area contributed by atoms with E-state index in [9.17, 15) is 4.79 Å². The van der Waals surface area contributed by atoms with Crippen LogP contribution in [0.2, 0.25) is 5.15 Å². The number of terminal acetylenes is 1. The number of carbonyl (C=O) groups excluding carboxylic acids is 1. The number of rotatable bonds is 3. The van der Waals surface area contributed by atoms with Crippen molar-refractivity contribution in [3.05, 3.63) is 29.0 Å². The van der Waals surface area contributed by atoms with Crippen molar-refractivity contribution in [3.63, 3.8) is 0 Å². The lowest BCUT2D eigenvalue weighted by Gasteiger charge is -2.02. The molecule has 1 aromatic heterocycles. The van der Waals surface area contributed by atoms with Gasteiger partial charge in [0.05, 0.1) is 5.56 Å². The normalized spacial score (nSPS) is 9.14. The van der Waals surface area contributed by atoms with E-state index in [1.165, 1.54) is 6.20 Å². The van der Waals surface area contributed by atoms with Crippen molar-refractivity contribution in [1.82, 2.24) is 4.98 Å². The highest BCUT2D eigenvalue weighted by molar-refractivity contribution is 6.32. The lowest BCUT2D eigenvalue weighted by molar-refractivity contribution is 0.0513. The summed E-state index contributed by atoms with van der Waals surface area (Å²) in [4.78, 5) is 15.1. The van der Waals surface area contributed by atoms with Gasteiger partial charge in [-0.15, -0.1) is 12.3 Å². The summed E-state index contributed by atoms with van der Waals surface area (Å²) in [6.07, 6.45) is 6.90. The molecule has 4 heteroatoms. The van der Waals surface area contributed by atoms with E-state index < -0.39 is 5.97 Å². The summed E-state index contributed by atoms with van der Waals surface area (Å²) in [6, 6.07) is 3.16. The van der Waals surface area contributed by atoms with Crippen molar-refractivity contribution in [1.29, 1.82) is 0 Å². The first kappa shape index (κ1) is 10.6. The Morgan fingerprint density at radius 2 is 2.50 bits per heavy atom. The molecule has 0 atom stereocenters. The van der Waals surface area contributed by atoms with Crippen LogP contribution in [0.3, 0.4) is 0 Å². The third kappa shape index (κ3) is 2.75. The van der Waals surface area contributed by atoms with Crippen LogP contribution in [0.4, 0.5) is 0 Å². The number of aromatic nitrogens is 1. The summed E-state index contributed by atoms with van der Waals surface area (Å²) in [6.45, 7) is 0.195. The Kier molecular flexibility index (Phi) is 3.96. The molecule has 72 valence electrons. The molecule has 0 aromatic carbocycles. The van der Waals surface area contributed by atoms with Gasteiger partial charge in [-0.2, -0.15) is 0 Å². The number of nitrogens with zero attached hydrogens (tertiary/aromatic N) is 1.